The van der Waals surface area contributed by atoms with E-state index in [2.05, 4.69) is 22.4 Å². The standard InChI is InChI=1S/C17H19N3O2S/c21-9-4-7-15(13-5-2-1-3-6-13)18-12-14-11-16(22)20-8-10-23-17(20)19-14/h1-3,5-6,8,10-11,15,18,21H,4,7,9,12H2. The molecule has 6 heteroatoms. The van der Waals surface area contributed by atoms with Crippen LogP contribution in [0.5, 0.6) is 0 Å². The molecule has 23 heavy (non-hydrogen) atoms. The van der Waals surface area contributed by atoms with E-state index in [0.29, 0.717) is 11.5 Å². The largest absolute Gasteiger partial charge is 0.396 e. The summed E-state index contributed by atoms with van der Waals surface area (Å²) < 4.78 is 1.55. The van der Waals surface area contributed by atoms with Crippen LogP contribution in [0.25, 0.3) is 4.96 Å². The maximum absolute atomic E-state index is 12.0. The fourth-order valence-corrected chi connectivity index (χ4v) is 3.31. The van der Waals surface area contributed by atoms with Gasteiger partial charge in [0.1, 0.15) is 0 Å². The molecule has 1 unspecified atom stereocenters. The molecule has 120 valence electrons. The quantitative estimate of drug-likeness (QED) is 0.698. The Bertz CT molecular complexity index is 813. The summed E-state index contributed by atoms with van der Waals surface area (Å²) in [5.41, 5.74) is 1.86. The number of nitrogens with one attached hydrogen (secondary N) is 1. The number of fused-ring (bicyclic) bond motifs is 1. The molecule has 3 rings (SSSR count). The van der Waals surface area contributed by atoms with Gasteiger partial charge in [-0.3, -0.25) is 9.20 Å². The number of aliphatic hydroxyl groups excluding tert-OH is 1. The van der Waals surface area contributed by atoms with Gasteiger partial charge in [0.05, 0.1) is 5.69 Å². The van der Waals surface area contributed by atoms with Gasteiger partial charge in [-0.05, 0) is 18.4 Å². The highest BCUT2D eigenvalue weighted by atomic mass is 32.1. The SMILES string of the molecule is O=c1cc(CNC(CCCO)c2ccccc2)nc2sccn12. The number of nitrogens with zero attached hydrogens (tertiary/aromatic N) is 2. The normalized spacial score (nSPS) is 12.6. The Balaban J connectivity index is 1.75. The van der Waals surface area contributed by atoms with E-state index >= 15 is 0 Å². The number of rotatable bonds is 7. The zero-order chi connectivity index (χ0) is 16.1. The maximum atomic E-state index is 12.0. The Kier molecular flexibility index (Phi) is 5.17. The van der Waals surface area contributed by atoms with Gasteiger partial charge < -0.3 is 10.4 Å². The minimum atomic E-state index is -0.0559. The Morgan fingerprint density at radius 1 is 1.30 bits per heavy atom. The van der Waals surface area contributed by atoms with Crippen molar-refractivity contribution in [2.45, 2.75) is 25.4 Å². The molecule has 0 bridgehead atoms. The lowest BCUT2D eigenvalue weighted by molar-refractivity contribution is 0.274. The topological polar surface area (TPSA) is 66.6 Å². The van der Waals surface area contributed by atoms with Crippen molar-refractivity contribution in [2.24, 2.45) is 0 Å². The summed E-state index contributed by atoms with van der Waals surface area (Å²) in [7, 11) is 0. The molecule has 1 atom stereocenters. The van der Waals surface area contributed by atoms with E-state index < -0.39 is 0 Å². The number of benzene rings is 1. The van der Waals surface area contributed by atoms with Crippen LogP contribution in [-0.2, 0) is 6.54 Å². The molecule has 0 aliphatic carbocycles. The third kappa shape index (κ3) is 3.85. The van der Waals surface area contributed by atoms with Gasteiger partial charge in [0, 0.05) is 36.8 Å². The van der Waals surface area contributed by atoms with Crippen molar-refractivity contribution in [2.75, 3.05) is 6.61 Å². The summed E-state index contributed by atoms with van der Waals surface area (Å²) in [6.45, 7) is 0.695. The highest BCUT2D eigenvalue weighted by Crippen LogP contribution is 2.18. The first kappa shape index (κ1) is 15.9. The first-order valence-electron chi connectivity index (χ1n) is 7.63. The van der Waals surface area contributed by atoms with Crippen LogP contribution >= 0.6 is 11.3 Å². The molecule has 3 aromatic rings. The van der Waals surface area contributed by atoms with E-state index in [0.717, 1.165) is 18.5 Å². The third-order valence-electron chi connectivity index (χ3n) is 3.74. The van der Waals surface area contributed by atoms with Gasteiger partial charge in [-0.2, -0.15) is 0 Å². The first-order valence-corrected chi connectivity index (χ1v) is 8.51. The lowest BCUT2D eigenvalue weighted by atomic mass is 10.0. The lowest BCUT2D eigenvalue weighted by Gasteiger charge is -2.18. The lowest BCUT2D eigenvalue weighted by Crippen LogP contribution is -2.23. The molecule has 0 radical (unpaired) electrons. The molecule has 0 saturated carbocycles. The zero-order valence-corrected chi connectivity index (χ0v) is 13.5. The van der Waals surface area contributed by atoms with E-state index in [4.69, 9.17) is 5.11 Å². The molecule has 0 aliphatic rings. The predicted molar refractivity (Wildman–Crippen MR) is 91.7 cm³/mol. The number of aromatic nitrogens is 2. The monoisotopic (exact) mass is 329 g/mol. The first-order chi connectivity index (χ1) is 11.3. The molecular formula is C17H19N3O2S. The van der Waals surface area contributed by atoms with E-state index in [1.807, 2.05) is 23.6 Å². The van der Waals surface area contributed by atoms with Crippen LogP contribution in [0.15, 0.2) is 52.8 Å². The zero-order valence-electron chi connectivity index (χ0n) is 12.7. The maximum Gasteiger partial charge on any atom is 0.258 e. The average molecular weight is 329 g/mol. The fraction of sp³-hybridized carbons (Fsp3) is 0.294. The Hall–Kier alpha value is -2.02. The van der Waals surface area contributed by atoms with Crippen LogP contribution in [0.3, 0.4) is 0 Å². The van der Waals surface area contributed by atoms with Gasteiger partial charge in [-0.1, -0.05) is 30.3 Å². The van der Waals surface area contributed by atoms with E-state index in [9.17, 15) is 4.79 Å². The molecule has 0 aliphatic heterocycles. The predicted octanol–water partition coefficient (Wildman–Crippen LogP) is 2.36. The number of aliphatic hydroxyl groups is 1. The van der Waals surface area contributed by atoms with E-state index in [-0.39, 0.29) is 18.2 Å². The van der Waals surface area contributed by atoms with Gasteiger partial charge in [0.15, 0.2) is 4.96 Å². The number of hydrogen-bond donors (Lipinski definition) is 2. The summed E-state index contributed by atoms with van der Waals surface area (Å²) in [4.78, 5) is 17.2. The minimum absolute atomic E-state index is 0.0559. The van der Waals surface area contributed by atoms with Crippen LogP contribution in [0.1, 0.15) is 30.1 Å². The van der Waals surface area contributed by atoms with Gasteiger partial charge in [-0.15, -0.1) is 11.3 Å². The molecular weight excluding hydrogens is 310 g/mol. The van der Waals surface area contributed by atoms with Gasteiger partial charge in [0.25, 0.3) is 5.56 Å². The molecule has 1 aromatic carbocycles. The number of thiazole rings is 1. The van der Waals surface area contributed by atoms with Crippen LogP contribution in [-0.4, -0.2) is 21.1 Å². The second kappa shape index (κ2) is 7.50. The molecule has 2 heterocycles. The van der Waals surface area contributed by atoms with Gasteiger partial charge in [0.2, 0.25) is 0 Å². The molecule has 5 nitrogen and oxygen atoms in total. The van der Waals surface area contributed by atoms with Crippen molar-refractivity contribution in [3.05, 3.63) is 69.6 Å². The van der Waals surface area contributed by atoms with Crippen molar-refractivity contribution in [1.29, 1.82) is 0 Å². The van der Waals surface area contributed by atoms with Crippen molar-refractivity contribution in [3.63, 3.8) is 0 Å². The summed E-state index contributed by atoms with van der Waals surface area (Å²) in [6.07, 6.45) is 3.30. The van der Waals surface area contributed by atoms with Gasteiger partial charge in [-0.25, -0.2) is 4.98 Å². The van der Waals surface area contributed by atoms with E-state index in [1.54, 1.807) is 16.7 Å². The highest BCUT2D eigenvalue weighted by Gasteiger charge is 2.11. The van der Waals surface area contributed by atoms with Crippen LogP contribution in [0, 0.1) is 0 Å². The Morgan fingerprint density at radius 3 is 2.91 bits per heavy atom. The van der Waals surface area contributed by atoms with Crippen molar-refractivity contribution >= 4 is 16.3 Å². The van der Waals surface area contributed by atoms with E-state index in [1.165, 1.54) is 16.9 Å². The third-order valence-corrected chi connectivity index (χ3v) is 4.50. The summed E-state index contributed by atoms with van der Waals surface area (Å²) in [5, 5.41) is 14.4. The minimum Gasteiger partial charge on any atom is -0.396 e. The van der Waals surface area contributed by atoms with Crippen LogP contribution < -0.4 is 10.9 Å². The fourth-order valence-electron chi connectivity index (χ4n) is 2.57. The summed E-state index contributed by atoms with van der Waals surface area (Å²) >= 11 is 1.45. The Labute approximate surface area is 138 Å². The Morgan fingerprint density at radius 2 is 2.13 bits per heavy atom. The van der Waals surface area contributed by atoms with Crippen LogP contribution in [0.4, 0.5) is 0 Å². The number of hydrogen-bond acceptors (Lipinski definition) is 5. The molecule has 0 saturated heterocycles. The highest BCUT2D eigenvalue weighted by molar-refractivity contribution is 7.15. The van der Waals surface area contributed by atoms with Crippen molar-refractivity contribution in [1.82, 2.24) is 14.7 Å². The average Bonchev–Trinajstić information content (AvgIpc) is 3.05. The van der Waals surface area contributed by atoms with Crippen molar-refractivity contribution < 1.29 is 5.11 Å². The summed E-state index contributed by atoms with van der Waals surface area (Å²) in [5.74, 6) is 0. The smallest absolute Gasteiger partial charge is 0.258 e. The molecule has 2 N–H and O–H groups in total. The molecule has 0 fully saturated rings. The molecule has 2 aromatic heterocycles. The molecule has 0 amide bonds. The summed E-state index contributed by atoms with van der Waals surface area (Å²) in [6, 6.07) is 11.8. The van der Waals surface area contributed by atoms with Crippen molar-refractivity contribution in [3.8, 4) is 0 Å². The van der Waals surface area contributed by atoms with Gasteiger partial charge >= 0.3 is 0 Å². The second-order valence-electron chi connectivity index (χ2n) is 5.35. The second-order valence-corrected chi connectivity index (χ2v) is 6.22. The molecule has 0 spiro atoms. The van der Waals surface area contributed by atoms with Crippen LogP contribution in [0.2, 0.25) is 0 Å².